The Labute approximate surface area is 103 Å². The van der Waals surface area contributed by atoms with Crippen LogP contribution < -0.4 is 14.9 Å². The van der Waals surface area contributed by atoms with Crippen LogP contribution in [0.2, 0.25) is 0 Å². The maximum atomic E-state index is 11.3. The van der Waals surface area contributed by atoms with E-state index < -0.39 is 18.5 Å². The van der Waals surface area contributed by atoms with Crippen molar-refractivity contribution < 1.29 is 29.4 Å². The van der Waals surface area contributed by atoms with Crippen molar-refractivity contribution in [1.82, 2.24) is 0 Å². The number of benzene rings is 1. The molecule has 3 rings (SSSR count). The van der Waals surface area contributed by atoms with E-state index in [-0.39, 0.29) is 18.0 Å². The van der Waals surface area contributed by atoms with Crippen LogP contribution in [-0.2, 0) is 10.2 Å². The van der Waals surface area contributed by atoms with Gasteiger partial charge < -0.3 is 24.6 Å². The highest BCUT2D eigenvalue weighted by Crippen LogP contribution is 2.49. The second kappa shape index (κ2) is 3.63. The number of rotatable bonds is 3. The molecule has 0 bridgehead atoms. The van der Waals surface area contributed by atoms with Gasteiger partial charge in [-0.25, -0.2) is 0 Å². The molecule has 0 spiro atoms. The smallest absolute Gasteiger partial charge is 0.481 e. The lowest BCUT2D eigenvalue weighted by atomic mass is 9.72. The molecule has 1 heterocycles. The first kappa shape index (κ1) is 11.4. The number of hydrogen-bond donors (Lipinski definition) is 3. The zero-order chi connectivity index (χ0) is 12.9. The second-order valence-electron chi connectivity index (χ2n) is 4.52. The number of ether oxygens (including phenoxy) is 2. The third-order valence-corrected chi connectivity index (χ3v) is 3.51. The van der Waals surface area contributed by atoms with Crippen molar-refractivity contribution in [2.24, 2.45) is 0 Å². The SMILES string of the molecule is O=C(O)C1(c2ccc3c(c2B(O)O)OCO3)CC1. The molecule has 1 aromatic rings. The van der Waals surface area contributed by atoms with E-state index in [4.69, 9.17) is 9.47 Å². The standard InChI is InChI=1S/C11H11BO6/c13-10(14)11(3-4-11)6-1-2-7-9(18-5-17-7)8(6)12(15)16/h1-2,15-16H,3-5H2,(H,13,14). The van der Waals surface area contributed by atoms with E-state index in [0.29, 0.717) is 24.2 Å². The van der Waals surface area contributed by atoms with Crippen LogP contribution in [-0.4, -0.2) is 35.0 Å². The van der Waals surface area contributed by atoms with Crippen molar-refractivity contribution in [2.45, 2.75) is 18.3 Å². The molecule has 2 aliphatic rings. The third kappa shape index (κ3) is 1.41. The van der Waals surface area contributed by atoms with Crippen LogP contribution in [0.3, 0.4) is 0 Å². The first-order valence-electron chi connectivity index (χ1n) is 5.59. The summed E-state index contributed by atoms with van der Waals surface area (Å²) in [6.07, 6.45) is 0.976. The molecule has 0 amide bonds. The van der Waals surface area contributed by atoms with Crippen molar-refractivity contribution in [3.63, 3.8) is 0 Å². The molecule has 94 valence electrons. The fourth-order valence-electron chi connectivity index (χ4n) is 2.39. The van der Waals surface area contributed by atoms with Crippen LogP contribution in [0.1, 0.15) is 18.4 Å². The predicted octanol–water partition coefficient (Wildman–Crippen LogP) is -0.789. The minimum absolute atomic E-state index is 0.00141. The van der Waals surface area contributed by atoms with E-state index >= 15 is 0 Å². The first-order valence-corrected chi connectivity index (χ1v) is 5.59. The Balaban J connectivity index is 2.19. The number of fused-ring (bicyclic) bond motifs is 1. The molecule has 1 aliphatic carbocycles. The quantitative estimate of drug-likeness (QED) is 0.608. The van der Waals surface area contributed by atoms with Gasteiger partial charge in [0, 0.05) is 5.46 Å². The third-order valence-electron chi connectivity index (χ3n) is 3.51. The van der Waals surface area contributed by atoms with Crippen molar-refractivity contribution in [2.75, 3.05) is 6.79 Å². The van der Waals surface area contributed by atoms with E-state index in [1.54, 1.807) is 12.1 Å². The summed E-state index contributed by atoms with van der Waals surface area (Å²) in [4.78, 5) is 11.3. The summed E-state index contributed by atoms with van der Waals surface area (Å²) in [7, 11) is -1.78. The van der Waals surface area contributed by atoms with Crippen molar-refractivity contribution in [1.29, 1.82) is 0 Å². The van der Waals surface area contributed by atoms with Gasteiger partial charge in [0.2, 0.25) is 6.79 Å². The zero-order valence-corrected chi connectivity index (χ0v) is 9.42. The lowest BCUT2D eigenvalue weighted by Gasteiger charge is -2.17. The Hall–Kier alpha value is -1.73. The molecule has 6 nitrogen and oxygen atoms in total. The van der Waals surface area contributed by atoms with Crippen molar-refractivity contribution in [3.8, 4) is 11.5 Å². The van der Waals surface area contributed by atoms with E-state index in [2.05, 4.69) is 0 Å². The molecular formula is C11H11BO6. The molecule has 0 atom stereocenters. The molecule has 1 saturated carbocycles. The number of carboxylic acids is 1. The number of hydrogen-bond acceptors (Lipinski definition) is 5. The molecule has 0 saturated heterocycles. The van der Waals surface area contributed by atoms with Gasteiger partial charge in [0.05, 0.1) is 5.41 Å². The maximum Gasteiger partial charge on any atom is 0.492 e. The molecule has 0 radical (unpaired) electrons. The molecule has 1 aromatic carbocycles. The van der Waals surface area contributed by atoms with Crippen molar-refractivity contribution >= 4 is 18.6 Å². The van der Waals surface area contributed by atoms with Gasteiger partial charge in [-0.2, -0.15) is 0 Å². The van der Waals surface area contributed by atoms with Crippen molar-refractivity contribution in [3.05, 3.63) is 17.7 Å². The summed E-state index contributed by atoms with van der Waals surface area (Å²) in [5.41, 5.74) is -0.515. The highest BCUT2D eigenvalue weighted by atomic mass is 16.7. The number of carboxylic acid groups (broad SMARTS) is 1. The molecule has 7 heteroatoms. The molecular weight excluding hydrogens is 239 g/mol. The van der Waals surface area contributed by atoms with Crippen LogP contribution in [0.25, 0.3) is 0 Å². The minimum Gasteiger partial charge on any atom is -0.481 e. The highest BCUT2D eigenvalue weighted by Gasteiger charge is 2.54. The molecule has 0 aromatic heterocycles. The van der Waals surface area contributed by atoms with Gasteiger partial charge in [0.1, 0.15) is 0 Å². The lowest BCUT2D eigenvalue weighted by Crippen LogP contribution is -2.38. The number of aliphatic carboxylic acids is 1. The Morgan fingerprint density at radius 1 is 1.28 bits per heavy atom. The predicted molar refractivity (Wildman–Crippen MR) is 60.9 cm³/mol. The summed E-state index contributed by atoms with van der Waals surface area (Å²) in [6, 6.07) is 3.18. The maximum absolute atomic E-state index is 11.3. The summed E-state index contributed by atoms with van der Waals surface area (Å²) >= 11 is 0. The summed E-state index contributed by atoms with van der Waals surface area (Å²) in [5.74, 6) is -0.318. The van der Waals surface area contributed by atoms with Gasteiger partial charge >= 0.3 is 13.1 Å². The van der Waals surface area contributed by atoms with Crippen LogP contribution in [0.4, 0.5) is 0 Å². The number of carbonyl (C=O) groups is 1. The zero-order valence-electron chi connectivity index (χ0n) is 9.42. The summed E-state index contributed by atoms with van der Waals surface area (Å²) in [6.45, 7) is -0.00141. The average Bonchev–Trinajstić information content (AvgIpc) is 3.00. The van der Waals surface area contributed by atoms with Crippen LogP contribution in [0.5, 0.6) is 11.5 Å². The van der Waals surface area contributed by atoms with Crippen LogP contribution in [0.15, 0.2) is 12.1 Å². The highest BCUT2D eigenvalue weighted by molar-refractivity contribution is 6.60. The fraction of sp³-hybridized carbons (Fsp3) is 0.364. The molecule has 0 unspecified atom stereocenters. The summed E-state index contributed by atoms with van der Waals surface area (Å²) in [5, 5.41) is 28.2. The van der Waals surface area contributed by atoms with E-state index in [1.165, 1.54) is 0 Å². The van der Waals surface area contributed by atoms with E-state index in [1.807, 2.05) is 0 Å². The topological polar surface area (TPSA) is 96.2 Å². The molecule has 3 N–H and O–H groups in total. The van der Waals surface area contributed by atoms with Gasteiger partial charge in [0.15, 0.2) is 11.5 Å². The minimum atomic E-state index is -1.78. The van der Waals surface area contributed by atoms with Crippen LogP contribution >= 0.6 is 0 Å². The fourth-order valence-corrected chi connectivity index (χ4v) is 2.39. The van der Waals surface area contributed by atoms with Gasteiger partial charge in [-0.1, -0.05) is 6.07 Å². The monoisotopic (exact) mass is 250 g/mol. The second-order valence-corrected chi connectivity index (χ2v) is 4.52. The molecule has 18 heavy (non-hydrogen) atoms. The normalized spacial score (nSPS) is 18.6. The van der Waals surface area contributed by atoms with E-state index in [0.717, 1.165) is 0 Å². The Morgan fingerprint density at radius 3 is 2.56 bits per heavy atom. The van der Waals surface area contributed by atoms with Gasteiger partial charge in [-0.15, -0.1) is 0 Å². The lowest BCUT2D eigenvalue weighted by molar-refractivity contribution is -0.140. The first-order chi connectivity index (χ1) is 8.56. The Kier molecular flexibility index (Phi) is 2.29. The molecule has 1 fully saturated rings. The Morgan fingerprint density at radius 2 is 2.00 bits per heavy atom. The average molecular weight is 250 g/mol. The summed E-state index contributed by atoms with van der Waals surface area (Å²) < 4.78 is 10.3. The van der Waals surface area contributed by atoms with Crippen LogP contribution in [0, 0.1) is 0 Å². The van der Waals surface area contributed by atoms with Gasteiger partial charge in [-0.3, -0.25) is 4.79 Å². The largest absolute Gasteiger partial charge is 0.492 e. The molecule has 1 aliphatic heterocycles. The van der Waals surface area contributed by atoms with Gasteiger partial charge in [0.25, 0.3) is 0 Å². The van der Waals surface area contributed by atoms with Gasteiger partial charge in [-0.05, 0) is 24.5 Å². The Bertz CT molecular complexity index is 523. The van der Waals surface area contributed by atoms with E-state index in [9.17, 15) is 19.9 Å².